The molecule has 0 bridgehead atoms. The summed E-state index contributed by atoms with van der Waals surface area (Å²) in [6, 6.07) is 7.10. The van der Waals surface area contributed by atoms with E-state index in [1.807, 2.05) is 0 Å². The molecule has 10 heteroatoms. The number of nitrogens with one attached hydrogen (secondary N) is 4. The van der Waals surface area contributed by atoms with E-state index in [4.69, 9.17) is 9.47 Å². The fourth-order valence-electron chi connectivity index (χ4n) is 2.37. The molecule has 0 heterocycles. The summed E-state index contributed by atoms with van der Waals surface area (Å²) in [6.45, 7) is 2.03. The van der Waals surface area contributed by atoms with Crippen LogP contribution in [0.4, 0.5) is 0 Å². The second-order valence-corrected chi connectivity index (χ2v) is 6.39. The van der Waals surface area contributed by atoms with E-state index in [1.54, 1.807) is 38.5 Å². The van der Waals surface area contributed by atoms with Crippen molar-refractivity contribution in [1.82, 2.24) is 21.3 Å². The molecule has 0 aromatic heterocycles. The first-order valence-corrected chi connectivity index (χ1v) is 9.65. The summed E-state index contributed by atoms with van der Waals surface area (Å²) in [4.78, 5) is 47.0. The predicted molar refractivity (Wildman–Crippen MR) is 109 cm³/mol. The van der Waals surface area contributed by atoms with Crippen LogP contribution in [0, 0.1) is 0 Å². The number of benzene rings is 1. The van der Waals surface area contributed by atoms with Crippen LogP contribution in [-0.4, -0.2) is 64.2 Å². The van der Waals surface area contributed by atoms with Crippen LogP contribution in [0.2, 0.25) is 0 Å². The zero-order chi connectivity index (χ0) is 22.2. The number of carbonyl (C=O) groups is 4. The fraction of sp³-hybridized carbons (Fsp3) is 0.500. The summed E-state index contributed by atoms with van der Waals surface area (Å²) in [5, 5.41) is 10.1. The molecule has 1 aromatic rings. The highest BCUT2D eigenvalue weighted by Crippen LogP contribution is 2.05. The third-order valence-electron chi connectivity index (χ3n) is 3.93. The minimum absolute atomic E-state index is 0.159. The average Bonchev–Trinajstić information content (AvgIpc) is 2.76. The molecule has 0 spiro atoms. The molecule has 30 heavy (non-hydrogen) atoms. The summed E-state index contributed by atoms with van der Waals surface area (Å²) in [5.41, 5.74) is 1.51. The lowest BCUT2D eigenvalue weighted by Gasteiger charge is -2.09. The van der Waals surface area contributed by atoms with Crippen molar-refractivity contribution in [1.29, 1.82) is 0 Å². The largest absolute Gasteiger partial charge is 0.385 e. The van der Waals surface area contributed by atoms with Gasteiger partial charge in [0.25, 0.3) is 0 Å². The summed E-state index contributed by atoms with van der Waals surface area (Å²) >= 11 is 0. The maximum atomic E-state index is 11.8. The van der Waals surface area contributed by atoms with Crippen LogP contribution in [0.5, 0.6) is 0 Å². The molecule has 0 atom stereocenters. The highest BCUT2D eigenvalue weighted by Gasteiger charge is 2.13. The molecule has 0 saturated heterocycles. The van der Waals surface area contributed by atoms with Crippen LogP contribution >= 0.6 is 0 Å². The molecule has 1 aromatic carbocycles. The zero-order valence-electron chi connectivity index (χ0n) is 17.4. The molecule has 0 radical (unpaired) electrons. The molecule has 0 aliphatic carbocycles. The lowest BCUT2D eigenvalue weighted by Crippen LogP contribution is -2.40. The van der Waals surface area contributed by atoms with Gasteiger partial charge in [0.15, 0.2) is 0 Å². The molecule has 4 N–H and O–H groups in total. The Bertz CT molecular complexity index is 655. The molecule has 0 aliphatic rings. The van der Waals surface area contributed by atoms with Crippen molar-refractivity contribution in [2.24, 2.45) is 0 Å². The van der Waals surface area contributed by atoms with E-state index in [1.165, 1.54) is 0 Å². The number of ether oxygens (including phenoxy) is 2. The molecular formula is C20H30N4O6. The molecule has 1 rings (SSSR count). The van der Waals surface area contributed by atoms with E-state index in [0.717, 1.165) is 11.1 Å². The Labute approximate surface area is 176 Å². The minimum atomic E-state index is -0.726. The van der Waals surface area contributed by atoms with Crippen LogP contribution < -0.4 is 21.3 Å². The Hall–Kier alpha value is -2.98. The normalized spacial score (nSPS) is 10.2. The molecule has 0 unspecified atom stereocenters. The van der Waals surface area contributed by atoms with Crippen LogP contribution in [-0.2, 0) is 41.7 Å². The van der Waals surface area contributed by atoms with Gasteiger partial charge in [0.1, 0.15) is 0 Å². The molecule has 166 valence electrons. The molecule has 10 nitrogen and oxygen atoms in total. The van der Waals surface area contributed by atoms with Gasteiger partial charge >= 0.3 is 23.6 Å². The monoisotopic (exact) mass is 422 g/mol. The lowest BCUT2D eigenvalue weighted by atomic mass is 10.1. The molecule has 0 fully saturated rings. The third kappa shape index (κ3) is 10.5. The van der Waals surface area contributed by atoms with Crippen molar-refractivity contribution in [2.45, 2.75) is 25.9 Å². The number of amides is 4. The first-order valence-electron chi connectivity index (χ1n) is 9.65. The highest BCUT2D eigenvalue weighted by atomic mass is 16.5. The van der Waals surface area contributed by atoms with Gasteiger partial charge in [0.2, 0.25) is 0 Å². The quantitative estimate of drug-likeness (QED) is 0.258. The van der Waals surface area contributed by atoms with E-state index < -0.39 is 23.6 Å². The van der Waals surface area contributed by atoms with E-state index >= 15 is 0 Å². The topological polar surface area (TPSA) is 135 Å². The summed E-state index contributed by atoms with van der Waals surface area (Å²) in [5.74, 6) is -2.86. The van der Waals surface area contributed by atoms with Crippen molar-refractivity contribution in [3.05, 3.63) is 35.4 Å². The van der Waals surface area contributed by atoms with Gasteiger partial charge < -0.3 is 30.7 Å². The van der Waals surface area contributed by atoms with Gasteiger partial charge in [0.05, 0.1) is 0 Å². The Morgan fingerprint density at radius 2 is 1.10 bits per heavy atom. The second kappa shape index (κ2) is 14.9. The standard InChI is InChI=1S/C20H30N4O6/c1-29-10-4-8-21-17(25)19(27)23-13-15-6-3-7-16(12-15)14-24-20(28)18(26)22-9-5-11-30-2/h3,6-7,12H,4-5,8-11,13-14H2,1-2H3,(H,21,25)(H,22,26)(H,23,27)(H,24,28). The Balaban J connectivity index is 2.38. The second-order valence-electron chi connectivity index (χ2n) is 6.39. The first kappa shape index (κ1) is 25.1. The van der Waals surface area contributed by atoms with E-state index in [9.17, 15) is 19.2 Å². The predicted octanol–water partition coefficient (Wildman–Crippen LogP) is -0.776. The smallest absolute Gasteiger partial charge is 0.309 e. The maximum absolute atomic E-state index is 11.8. The van der Waals surface area contributed by atoms with Crippen LogP contribution in [0.3, 0.4) is 0 Å². The Morgan fingerprint density at radius 3 is 1.50 bits per heavy atom. The highest BCUT2D eigenvalue weighted by molar-refractivity contribution is 6.35. The van der Waals surface area contributed by atoms with Crippen LogP contribution in [0.1, 0.15) is 24.0 Å². The number of hydrogen-bond donors (Lipinski definition) is 4. The molecular weight excluding hydrogens is 392 g/mol. The van der Waals surface area contributed by atoms with Crippen LogP contribution in [0.25, 0.3) is 0 Å². The molecule has 0 aliphatic heterocycles. The van der Waals surface area contributed by atoms with Gasteiger partial charge in [-0.2, -0.15) is 0 Å². The minimum Gasteiger partial charge on any atom is -0.385 e. The number of rotatable bonds is 12. The van der Waals surface area contributed by atoms with Crippen molar-refractivity contribution in [2.75, 3.05) is 40.5 Å². The number of methoxy groups -OCH3 is 2. The van der Waals surface area contributed by atoms with Crippen molar-refractivity contribution in [3.8, 4) is 0 Å². The van der Waals surface area contributed by atoms with E-state index in [0.29, 0.717) is 39.1 Å². The van der Waals surface area contributed by atoms with Crippen molar-refractivity contribution < 1.29 is 28.7 Å². The molecule has 0 saturated carbocycles. The van der Waals surface area contributed by atoms with Gasteiger partial charge in [-0.3, -0.25) is 19.2 Å². The zero-order valence-corrected chi connectivity index (χ0v) is 17.4. The summed E-state index contributed by atoms with van der Waals surface area (Å²) in [6.07, 6.45) is 1.24. The van der Waals surface area contributed by atoms with Gasteiger partial charge in [-0.25, -0.2) is 0 Å². The third-order valence-corrected chi connectivity index (χ3v) is 3.93. The van der Waals surface area contributed by atoms with Crippen molar-refractivity contribution in [3.63, 3.8) is 0 Å². The maximum Gasteiger partial charge on any atom is 0.309 e. The average molecular weight is 422 g/mol. The first-order chi connectivity index (χ1) is 14.5. The van der Waals surface area contributed by atoms with Crippen LogP contribution in [0.15, 0.2) is 24.3 Å². The van der Waals surface area contributed by atoms with Gasteiger partial charge in [0, 0.05) is 53.6 Å². The summed E-state index contributed by atoms with van der Waals surface area (Å²) < 4.78 is 9.74. The Morgan fingerprint density at radius 1 is 0.700 bits per heavy atom. The Kier molecular flexibility index (Phi) is 12.5. The lowest BCUT2D eigenvalue weighted by molar-refractivity contribution is -0.139. The van der Waals surface area contributed by atoms with Crippen molar-refractivity contribution >= 4 is 23.6 Å². The van der Waals surface area contributed by atoms with Gasteiger partial charge in [-0.15, -0.1) is 0 Å². The SMILES string of the molecule is COCCCNC(=O)C(=O)NCc1cccc(CNC(=O)C(=O)NCCCOC)c1. The summed E-state index contributed by atoms with van der Waals surface area (Å²) in [7, 11) is 3.13. The number of carbonyl (C=O) groups excluding carboxylic acids is 4. The molecule has 4 amide bonds. The van der Waals surface area contributed by atoms with Gasteiger partial charge in [-0.1, -0.05) is 24.3 Å². The fourth-order valence-corrected chi connectivity index (χ4v) is 2.37. The van der Waals surface area contributed by atoms with Gasteiger partial charge in [-0.05, 0) is 24.0 Å². The number of hydrogen-bond acceptors (Lipinski definition) is 6. The van der Waals surface area contributed by atoms with E-state index in [-0.39, 0.29) is 13.1 Å². The van der Waals surface area contributed by atoms with E-state index in [2.05, 4.69) is 21.3 Å².